The minimum Gasteiger partial charge on any atom is -0.497 e. The number of carboxylic acid groups (broad SMARTS) is 1. The topological polar surface area (TPSA) is 304 Å². The molecule has 9 aromatic heterocycles. The number of nitrogens with two attached hydrogens (primary N) is 1. The zero-order valence-corrected chi connectivity index (χ0v) is 52.2. The molecule has 96 heavy (non-hydrogen) atoms. The monoisotopic (exact) mass is 1320 g/mol. The van der Waals surface area contributed by atoms with E-state index >= 15 is 0 Å². The first-order valence-electron chi connectivity index (χ1n) is 29.0. The summed E-state index contributed by atoms with van der Waals surface area (Å²) in [6.45, 7) is 0.442. The quantitative estimate of drug-likeness (QED) is 0.0855. The maximum atomic E-state index is 13.5. The fraction of sp³-hybridized carbons (Fsp3) is 0.0882. The first-order chi connectivity index (χ1) is 46.8. The summed E-state index contributed by atoms with van der Waals surface area (Å²) in [5, 5.41) is 50.8. The molecular formula is C68H49Cl2FN16O9. The van der Waals surface area contributed by atoms with E-state index in [-0.39, 0.29) is 35.4 Å². The first kappa shape index (κ1) is 62.3. The highest BCUT2D eigenvalue weighted by atomic mass is 35.5. The Balaban J connectivity index is 0.000000130. The van der Waals surface area contributed by atoms with Crippen LogP contribution in [0.2, 0.25) is 10.0 Å². The lowest BCUT2D eigenvalue weighted by Crippen LogP contribution is -2.10. The molecule has 25 nitrogen and oxygen atoms in total. The number of primary amides is 1. The third-order valence-electron chi connectivity index (χ3n) is 15.0. The van der Waals surface area contributed by atoms with Crippen molar-refractivity contribution >= 4 is 84.7 Å². The summed E-state index contributed by atoms with van der Waals surface area (Å²) >= 11 is 12.0. The van der Waals surface area contributed by atoms with Crippen LogP contribution in [0.5, 0.6) is 34.5 Å². The standard InChI is InChI=1S/C23H16ClN5O4.C23H18N6O3.C22H15ClFN5O2/c1-32-14-3-5-16-19(11-14)25-9-8-20(16)33-12-22-27-26-21-7-6-18(28-29(21)22)13-2-4-15(23(30)31)17(24)10-13;1-31-16-6-7-17-19(12-16)25-11-10-20(17)32-13-22-27-26-21-9-8-18(28-29(21)22)14-2-4-15(5-3-14)23(24)30;1-30-14-3-4-15-19(11-14)25-9-8-20(15)31-12-22-27-26-21-7-6-18(28-29(21)22)13-2-5-17(24)16(23)10-13/h2-11H,12H2,1H3,(H,30,31);2-12H,13H2,1H3,(H2,24,30);2-11H,12H2,1H3. The van der Waals surface area contributed by atoms with Gasteiger partial charge in [0.2, 0.25) is 5.91 Å². The number of ether oxygens (including phenoxy) is 6. The molecule has 9 heterocycles. The number of carboxylic acids is 1. The Labute approximate surface area is 552 Å². The van der Waals surface area contributed by atoms with E-state index in [9.17, 15) is 19.1 Å². The van der Waals surface area contributed by atoms with Gasteiger partial charge in [-0.05, 0) is 133 Å². The molecule has 3 N–H and O–H groups in total. The number of hydrogen-bond acceptors (Lipinski definition) is 20. The van der Waals surface area contributed by atoms with E-state index in [1.807, 2.05) is 66.7 Å². The van der Waals surface area contributed by atoms with E-state index in [2.05, 4.69) is 60.8 Å². The number of carbonyl (C=O) groups is 2. The van der Waals surface area contributed by atoms with Gasteiger partial charge in [-0.2, -0.15) is 28.8 Å². The van der Waals surface area contributed by atoms with E-state index in [0.29, 0.717) is 91.2 Å². The van der Waals surface area contributed by atoms with Gasteiger partial charge in [-0.15, -0.1) is 30.6 Å². The second-order valence-electron chi connectivity index (χ2n) is 20.8. The maximum absolute atomic E-state index is 13.5. The third kappa shape index (κ3) is 13.3. The van der Waals surface area contributed by atoms with E-state index in [4.69, 9.17) is 57.4 Å². The van der Waals surface area contributed by atoms with E-state index in [0.717, 1.165) is 49.8 Å². The maximum Gasteiger partial charge on any atom is 0.337 e. The van der Waals surface area contributed by atoms with Crippen molar-refractivity contribution in [2.45, 2.75) is 19.8 Å². The second-order valence-corrected chi connectivity index (χ2v) is 21.6. The van der Waals surface area contributed by atoms with Gasteiger partial charge in [-0.1, -0.05) is 41.4 Å². The van der Waals surface area contributed by atoms with Crippen molar-refractivity contribution < 1.29 is 47.5 Å². The number of aromatic nitrogens is 15. The van der Waals surface area contributed by atoms with Gasteiger partial charge in [-0.3, -0.25) is 19.7 Å². The molecule has 0 aliphatic rings. The van der Waals surface area contributed by atoms with E-state index in [1.54, 1.807) is 138 Å². The van der Waals surface area contributed by atoms with Gasteiger partial charge in [0, 0.05) is 75.2 Å². The Morgan fingerprint density at radius 3 is 1.19 bits per heavy atom. The number of aromatic carboxylic acids is 1. The van der Waals surface area contributed by atoms with Crippen molar-refractivity contribution in [2.75, 3.05) is 21.3 Å². The molecule has 0 saturated heterocycles. The number of fused-ring (bicyclic) bond motifs is 6. The largest absolute Gasteiger partial charge is 0.497 e. The highest BCUT2D eigenvalue weighted by molar-refractivity contribution is 6.33. The zero-order chi connectivity index (χ0) is 66.4. The zero-order valence-electron chi connectivity index (χ0n) is 50.7. The highest BCUT2D eigenvalue weighted by Crippen LogP contribution is 2.33. The van der Waals surface area contributed by atoms with Gasteiger partial charge >= 0.3 is 5.97 Å². The molecule has 0 radical (unpaired) electrons. The van der Waals surface area contributed by atoms with Crippen LogP contribution in [-0.4, -0.2) is 113 Å². The van der Waals surface area contributed by atoms with Gasteiger partial charge in [0.15, 0.2) is 34.4 Å². The Hall–Kier alpha value is -12.6. The van der Waals surface area contributed by atoms with Crippen molar-refractivity contribution in [2.24, 2.45) is 5.73 Å². The molecule has 1 amide bonds. The molecule has 6 aromatic carbocycles. The van der Waals surface area contributed by atoms with Crippen molar-refractivity contribution in [1.82, 2.24) is 74.4 Å². The first-order valence-corrected chi connectivity index (χ1v) is 29.7. The van der Waals surface area contributed by atoms with Crippen molar-refractivity contribution in [3.63, 3.8) is 0 Å². The highest BCUT2D eigenvalue weighted by Gasteiger charge is 2.18. The van der Waals surface area contributed by atoms with Crippen LogP contribution in [0.1, 0.15) is 38.2 Å². The SMILES string of the molecule is COc1ccc2c(OCc3nnc4ccc(-c5ccc(C(=O)O)c(Cl)c5)nn34)ccnc2c1.COc1ccc2c(OCc3nnc4ccc(-c5ccc(C(N)=O)cc5)nn34)ccnc2c1.COc1ccc2c(OCc3nnc4ccc(-c5ccc(F)c(Cl)c5)nn34)ccnc2c1. The molecule has 15 aromatic rings. The Bertz CT molecular complexity index is 5450. The number of pyridine rings is 3. The van der Waals surface area contributed by atoms with Crippen LogP contribution >= 0.6 is 23.2 Å². The van der Waals surface area contributed by atoms with Crippen LogP contribution in [-0.2, 0) is 19.8 Å². The number of nitrogens with zero attached hydrogens (tertiary/aromatic N) is 15. The van der Waals surface area contributed by atoms with Gasteiger partial charge in [0.25, 0.3) is 0 Å². The van der Waals surface area contributed by atoms with Crippen molar-refractivity contribution in [1.29, 1.82) is 0 Å². The molecule has 0 atom stereocenters. The predicted molar refractivity (Wildman–Crippen MR) is 352 cm³/mol. The molecule has 15 rings (SSSR count). The smallest absolute Gasteiger partial charge is 0.337 e. The Kier molecular flexibility index (Phi) is 17.7. The molecule has 0 bridgehead atoms. The average molecular weight is 1320 g/mol. The lowest BCUT2D eigenvalue weighted by atomic mass is 10.1. The predicted octanol–water partition coefficient (Wildman–Crippen LogP) is 12.0. The number of methoxy groups -OCH3 is 3. The summed E-state index contributed by atoms with van der Waals surface area (Å²) in [6, 6.07) is 49.0. The summed E-state index contributed by atoms with van der Waals surface area (Å²) in [6.07, 6.45) is 5.03. The fourth-order valence-corrected chi connectivity index (χ4v) is 10.5. The molecular weight excluding hydrogens is 1270 g/mol. The number of benzene rings is 6. The number of amides is 1. The minimum absolute atomic E-state index is 0.0297. The van der Waals surface area contributed by atoms with E-state index in [1.165, 1.54) is 18.2 Å². The van der Waals surface area contributed by atoms with Crippen LogP contribution in [0.15, 0.2) is 188 Å². The lowest BCUT2D eigenvalue weighted by molar-refractivity contribution is 0.0696. The summed E-state index contributed by atoms with van der Waals surface area (Å²) in [5.74, 6) is 3.66. The number of hydrogen-bond donors (Lipinski definition) is 2. The molecule has 0 aliphatic carbocycles. The molecule has 0 unspecified atom stereocenters. The minimum atomic E-state index is -1.09. The van der Waals surface area contributed by atoms with Gasteiger partial charge in [0.05, 0.1) is 70.6 Å². The third-order valence-corrected chi connectivity index (χ3v) is 15.6. The Morgan fingerprint density at radius 2 is 0.823 bits per heavy atom. The summed E-state index contributed by atoms with van der Waals surface area (Å²) in [5.41, 5.74) is 13.9. The molecule has 476 valence electrons. The van der Waals surface area contributed by atoms with Gasteiger partial charge < -0.3 is 39.3 Å². The van der Waals surface area contributed by atoms with Crippen LogP contribution in [0.25, 0.3) is 83.4 Å². The molecule has 0 spiro atoms. The normalized spacial score (nSPS) is 11.1. The van der Waals surface area contributed by atoms with Crippen molar-refractivity contribution in [3.05, 3.63) is 233 Å². The lowest BCUT2D eigenvalue weighted by Gasteiger charge is -2.09. The Morgan fingerprint density at radius 1 is 0.448 bits per heavy atom. The number of carbonyl (C=O) groups excluding carboxylic acids is 1. The van der Waals surface area contributed by atoms with Crippen LogP contribution in [0.4, 0.5) is 4.39 Å². The van der Waals surface area contributed by atoms with Gasteiger partial charge in [-0.25, -0.2) is 9.18 Å². The molecule has 0 aliphatic heterocycles. The van der Waals surface area contributed by atoms with Gasteiger partial charge in [0.1, 0.15) is 60.1 Å². The second kappa shape index (κ2) is 27.3. The average Bonchev–Trinajstić information content (AvgIpc) is 1.61. The molecule has 0 saturated carbocycles. The van der Waals surface area contributed by atoms with E-state index < -0.39 is 17.7 Å². The summed E-state index contributed by atoms with van der Waals surface area (Å²) < 4.78 is 52.2. The van der Waals surface area contributed by atoms with Crippen LogP contribution < -0.4 is 34.2 Å². The molecule has 28 heteroatoms. The van der Waals surface area contributed by atoms with Crippen molar-refractivity contribution in [3.8, 4) is 68.3 Å². The number of halogens is 3. The summed E-state index contributed by atoms with van der Waals surface area (Å²) in [4.78, 5) is 35.6. The summed E-state index contributed by atoms with van der Waals surface area (Å²) in [7, 11) is 4.83. The van der Waals surface area contributed by atoms with Crippen LogP contribution in [0.3, 0.4) is 0 Å². The fourth-order valence-electron chi connectivity index (χ4n) is 10.0. The molecule has 0 fully saturated rings. The number of rotatable bonds is 17. The van der Waals surface area contributed by atoms with Crippen LogP contribution in [0, 0.1) is 5.82 Å².